The highest BCUT2D eigenvalue weighted by Gasteiger charge is 2.04. The molecule has 0 unspecified atom stereocenters. The van der Waals surface area contributed by atoms with Crippen molar-refractivity contribution in [3.8, 4) is 11.1 Å². The molecule has 0 aliphatic carbocycles. The molecule has 0 aliphatic heterocycles. The average molecular weight is 267 g/mol. The predicted molar refractivity (Wildman–Crippen MR) is 87.9 cm³/mol. The van der Waals surface area contributed by atoms with Gasteiger partial charge in [0.25, 0.3) is 0 Å². The van der Waals surface area contributed by atoms with Crippen molar-refractivity contribution in [1.29, 1.82) is 0 Å². The van der Waals surface area contributed by atoms with Gasteiger partial charge in [0.2, 0.25) is 0 Å². The number of nitrogens with one attached hydrogen (secondary N) is 1. The van der Waals surface area contributed by atoms with Gasteiger partial charge in [-0.15, -0.1) is 0 Å². The molecule has 0 amide bonds. The van der Waals surface area contributed by atoms with Gasteiger partial charge in [-0.1, -0.05) is 68.8 Å². The Morgan fingerprint density at radius 3 is 2.55 bits per heavy atom. The molecule has 0 aliphatic rings. The summed E-state index contributed by atoms with van der Waals surface area (Å²) in [7, 11) is 0. The topological polar surface area (TPSA) is 12.0 Å². The molecular formula is C19H25N. The van der Waals surface area contributed by atoms with Crippen LogP contribution in [0.1, 0.15) is 37.8 Å². The van der Waals surface area contributed by atoms with Crippen LogP contribution in [0.3, 0.4) is 0 Å². The van der Waals surface area contributed by atoms with Gasteiger partial charge in [0, 0.05) is 6.54 Å². The summed E-state index contributed by atoms with van der Waals surface area (Å²) in [6.07, 6.45) is 3.53. The van der Waals surface area contributed by atoms with E-state index in [4.69, 9.17) is 0 Å². The zero-order valence-corrected chi connectivity index (χ0v) is 12.7. The lowest BCUT2D eigenvalue weighted by Crippen LogP contribution is -2.14. The van der Waals surface area contributed by atoms with Crippen LogP contribution in [0.25, 0.3) is 11.1 Å². The van der Waals surface area contributed by atoms with Crippen LogP contribution in [0.15, 0.2) is 48.5 Å². The first-order valence-electron chi connectivity index (χ1n) is 7.73. The highest BCUT2D eigenvalue weighted by molar-refractivity contribution is 5.68. The van der Waals surface area contributed by atoms with E-state index in [0.29, 0.717) is 0 Å². The first-order chi connectivity index (χ1) is 9.85. The lowest BCUT2D eigenvalue weighted by atomic mass is 9.97. The van der Waals surface area contributed by atoms with Crippen LogP contribution in [0.2, 0.25) is 0 Å². The maximum absolute atomic E-state index is 3.50. The van der Waals surface area contributed by atoms with Crippen LogP contribution >= 0.6 is 0 Å². The molecule has 2 rings (SSSR count). The van der Waals surface area contributed by atoms with Crippen molar-refractivity contribution in [3.63, 3.8) is 0 Å². The van der Waals surface area contributed by atoms with E-state index in [1.54, 1.807) is 0 Å². The Balaban J connectivity index is 2.24. The van der Waals surface area contributed by atoms with Crippen LogP contribution in [0, 0.1) is 0 Å². The van der Waals surface area contributed by atoms with Crippen molar-refractivity contribution < 1.29 is 0 Å². The quantitative estimate of drug-likeness (QED) is 0.710. The second kappa shape index (κ2) is 7.86. The van der Waals surface area contributed by atoms with Crippen LogP contribution in [-0.4, -0.2) is 6.54 Å². The number of rotatable bonds is 7. The van der Waals surface area contributed by atoms with E-state index in [1.165, 1.54) is 35.1 Å². The van der Waals surface area contributed by atoms with Crippen molar-refractivity contribution >= 4 is 0 Å². The molecule has 1 heteroatoms. The SMILES string of the molecule is CCCNCc1ccccc1-c1cccc(CCC)c1. The van der Waals surface area contributed by atoms with E-state index >= 15 is 0 Å². The molecule has 0 radical (unpaired) electrons. The van der Waals surface area contributed by atoms with E-state index in [0.717, 1.165) is 19.5 Å². The van der Waals surface area contributed by atoms with Gasteiger partial charge >= 0.3 is 0 Å². The van der Waals surface area contributed by atoms with Gasteiger partial charge in [-0.05, 0) is 41.6 Å². The molecular weight excluding hydrogens is 242 g/mol. The minimum Gasteiger partial charge on any atom is -0.313 e. The zero-order chi connectivity index (χ0) is 14.2. The van der Waals surface area contributed by atoms with Crippen LogP contribution < -0.4 is 5.32 Å². The minimum absolute atomic E-state index is 0.946. The second-order valence-corrected chi connectivity index (χ2v) is 5.28. The third kappa shape index (κ3) is 3.94. The molecule has 1 nitrogen and oxygen atoms in total. The standard InChI is InChI=1S/C19H25N/c1-3-8-16-9-7-11-17(14-16)19-12-6-5-10-18(19)15-20-13-4-2/h5-7,9-12,14,20H,3-4,8,13,15H2,1-2H3. The normalized spacial score (nSPS) is 10.7. The Labute approximate surface area is 123 Å². The fourth-order valence-electron chi connectivity index (χ4n) is 2.54. The molecule has 20 heavy (non-hydrogen) atoms. The maximum atomic E-state index is 3.50. The van der Waals surface area contributed by atoms with Gasteiger partial charge in [-0.3, -0.25) is 0 Å². The number of hydrogen-bond donors (Lipinski definition) is 1. The lowest BCUT2D eigenvalue weighted by Gasteiger charge is -2.11. The molecule has 2 aromatic carbocycles. The summed E-state index contributed by atoms with van der Waals surface area (Å²) in [6, 6.07) is 17.7. The Kier molecular flexibility index (Phi) is 5.82. The molecule has 0 fully saturated rings. The van der Waals surface area contributed by atoms with Gasteiger partial charge < -0.3 is 5.32 Å². The van der Waals surface area contributed by atoms with Gasteiger partial charge in [0.15, 0.2) is 0 Å². The van der Waals surface area contributed by atoms with Crippen molar-refractivity contribution in [2.45, 2.75) is 39.7 Å². The Hall–Kier alpha value is -1.60. The number of benzene rings is 2. The van der Waals surface area contributed by atoms with Crippen molar-refractivity contribution in [3.05, 3.63) is 59.7 Å². The number of aryl methyl sites for hydroxylation is 1. The summed E-state index contributed by atoms with van der Waals surface area (Å²) in [5.41, 5.74) is 5.51. The third-order valence-electron chi connectivity index (χ3n) is 3.54. The predicted octanol–water partition coefficient (Wildman–Crippen LogP) is 4.81. The first-order valence-corrected chi connectivity index (χ1v) is 7.73. The molecule has 0 atom stereocenters. The second-order valence-electron chi connectivity index (χ2n) is 5.28. The molecule has 0 bridgehead atoms. The monoisotopic (exact) mass is 267 g/mol. The smallest absolute Gasteiger partial charge is 0.0211 e. The van der Waals surface area contributed by atoms with Crippen molar-refractivity contribution in [1.82, 2.24) is 5.32 Å². The molecule has 0 spiro atoms. The zero-order valence-electron chi connectivity index (χ0n) is 12.7. The van der Waals surface area contributed by atoms with Crippen molar-refractivity contribution in [2.24, 2.45) is 0 Å². The largest absolute Gasteiger partial charge is 0.313 e. The molecule has 0 saturated carbocycles. The summed E-state index contributed by atoms with van der Waals surface area (Å²) in [5, 5.41) is 3.50. The Morgan fingerprint density at radius 1 is 0.900 bits per heavy atom. The maximum Gasteiger partial charge on any atom is 0.0211 e. The lowest BCUT2D eigenvalue weighted by molar-refractivity contribution is 0.676. The van der Waals surface area contributed by atoms with Gasteiger partial charge in [0.05, 0.1) is 0 Å². The molecule has 2 aromatic rings. The number of hydrogen-bond acceptors (Lipinski definition) is 1. The third-order valence-corrected chi connectivity index (χ3v) is 3.54. The average Bonchev–Trinajstić information content (AvgIpc) is 2.49. The van der Waals surface area contributed by atoms with E-state index in [1.807, 2.05) is 0 Å². The fraction of sp³-hybridized carbons (Fsp3) is 0.368. The van der Waals surface area contributed by atoms with E-state index in [-0.39, 0.29) is 0 Å². The molecule has 0 aromatic heterocycles. The van der Waals surface area contributed by atoms with Crippen molar-refractivity contribution in [2.75, 3.05) is 6.54 Å². The summed E-state index contributed by atoms with van der Waals surface area (Å²) in [6.45, 7) is 6.45. The Bertz CT molecular complexity index is 531. The highest BCUT2D eigenvalue weighted by atomic mass is 14.8. The Morgan fingerprint density at radius 2 is 1.75 bits per heavy atom. The fourth-order valence-corrected chi connectivity index (χ4v) is 2.54. The van der Waals surface area contributed by atoms with Crippen LogP contribution in [0.4, 0.5) is 0 Å². The summed E-state index contributed by atoms with van der Waals surface area (Å²) >= 11 is 0. The molecule has 1 N–H and O–H groups in total. The minimum atomic E-state index is 0.946. The van der Waals surface area contributed by atoms with E-state index in [2.05, 4.69) is 67.7 Å². The van der Waals surface area contributed by atoms with Gasteiger partial charge in [-0.2, -0.15) is 0 Å². The van der Waals surface area contributed by atoms with Gasteiger partial charge in [0.1, 0.15) is 0 Å². The van der Waals surface area contributed by atoms with E-state index < -0.39 is 0 Å². The molecule has 106 valence electrons. The first kappa shape index (κ1) is 14.8. The van der Waals surface area contributed by atoms with Gasteiger partial charge in [-0.25, -0.2) is 0 Å². The summed E-state index contributed by atoms with van der Waals surface area (Å²) in [5.74, 6) is 0. The molecule has 0 saturated heterocycles. The summed E-state index contributed by atoms with van der Waals surface area (Å²) in [4.78, 5) is 0. The summed E-state index contributed by atoms with van der Waals surface area (Å²) < 4.78 is 0. The van der Waals surface area contributed by atoms with Crippen LogP contribution in [-0.2, 0) is 13.0 Å². The van der Waals surface area contributed by atoms with Crippen LogP contribution in [0.5, 0.6) is 0 Å². The van der Waals surface area contributed by atoms with E-state index in [9.17, 15) is 0 Å². The highest BCUT2D eigenvalue weighted by Crippen LogP contribution is 2.25. The molecule has 0 heterocycles.